The molecule has 2 heterocycles. The van der Waals surface area contributed by atoms with Gasteiger partial charge in [0.1, 0.15) is 5.82 Å². The summed E-state index contributed by atoms with van der Waals surface area (Å²) in [6.45, 7) is 8.70. The van der Waals surface area contributed by atoms with Crippen LogP contribution in [-0.2, 0) is 6.54 Å². The molecular weight excluding hydrogens is 409 g/mol. The fraction of sp³-hybridized carbons (Fsp3) is 0.500. The number of rotatable bonds is 9. The largest absolute Gasteiger partial charge is 0.459 e. The monoisotopic (exact) mass is 443 g/mol. The Balaban J connectivity index is 1.37. The molecule has 8 heteroatoms. The van der Waals surface area contributed by atoms with Gasteiger partial charge in [-0.3, -0.25) is 14.7 Å². The second-order valence-electron chi connectivity index (χ2n) is 8.12. The number of amides is 1. The van der Waals surface area contributed by atoms with Crippen LogP contribution in [0.4, 0.5) is 4.39 Å². The molecular formula is C24H34FN5O2. The molecule has 1 aromatic carbocycles. The Morgan fingerprint density at radius 3 is 2.59 bits per heavy atom. The number of carbonyl (C=O) groups is 1. The number of piperidine rings is 1. The number of furan rings is 1. The average Bonchev–Trinajstić information content (AvgIpc) is 3.22. The lowest BCUT2D eigenvalue weighted by atomic mass is 10.0. The lowest BCUT2D eigenvalue weighted by molar-refractivity contribution is 0.0925. The molecule has 0 atom stereocenters. The molecule has 3 N–H and O–H groups in total. The van der Waals surface area contributed by atoms with Crippen LogP contribution in [0.3, 0.4) is 0 Å². The van der Waals surface area contributed by atoms with Crippen LogP contribution in [0, 0.1) is 12.7 Å². The topological polar surface area (TPSA) is 81.9 Å². The van der Waals surface area contributed by atoms with Gasteiger partial charge in [0, 0.05) is 50.9 Å². The Morgan fingerprint density at radius 2 is 1.94 bits per heavy atom. The Labute approximate surface area is 189 Å². The Hall–Kier alpha value is -2.87. The molecule has 1 saturated heterocycles. The molecule has 0 bridgehead atoms. The van der Waals surface area contributed by atoms with E-state index in [-0.39, 0.29) is 11.7 Å². The zero-order valence-corrected chi connectivity index (χ0v) is 19.0. The Kier molecular flexibility index (Phi) is 9.10. The van der Waals surface area contributed by atoms with E-state index in [4.69, 9.17) is 4.42 Å². The van der Waals surface area contributed by atoms with Crippen LogP contribution in [0.25, 0.3) is 0 Å². The maximum atomic E-state index is 13.1. The molecule has 0 radical (unpaired) electrons. The molecule has 3 rings (SSSR count). The number of carbonyl (C=O) groups excluding carboxylic acids is 1. The summed E-state index contributed by atoms with van der Waals surface area (Å²) in [5.41, 5.74) is 1.98. The molecule has 0 spiro atoms. The van der Waals surface area contributed by atoms with Crippen molar-refractivity contribution in [3.05, 3.63) is 59.3 Å². The molecule has 0 aliphatic carbocycles. The van der Waals surface area contributed by atoms with Gasteiger partial charge >= 0.3 is 0 Å². The van der Waals surface area contributed by atoms with E-state index in [9.17, 15) is 9.18 Å². The van der Waals surface area contributed by atoms with Crippen LogP contribution in [0.5, 0.6) is 0 Å². The highest BCUT2D eigenvalue weighted by Crippen LogP contribution is 2.14. The molecule has 174 valence electrons. The lowest BCUT2D eigenvalue weighted by Crippen LogP contribution is -2.48. The standard InChI is InChI=1S/C24H34FN5O2/c1-3-26-24(28-13-4-12-27-23(31)22-18(2)11-16-32-22)29-21-9-14-30(15-10-21)17-19-5-7-20(25)8-6-19/h5-8,11,16,21H,3-4,9-10,12-15,17H2,1-2H3,(H,27,31)(H2,26,28,29). The number of aryl methyl sites for hydroxylation is 1. The minimum atomic E-state index is -0.193. The van der Waals surface area contributed by atoms with Gasteiger partial charge in [-0.1, -0.05) is 12.1 Å². The minimum Gasteiger partial charge on any atom is -0.459 e. The summed E-state index contributed by atoms with van der Waals surface area (Å²) in [5.74, 6) is 0.808. The molecule has 1 amide bonds. The maximum absolute atomic E-state index is 13.1. The quantitative estimate of drug-likeness (QED) is 0.315. The lowest BCUT2D eigenvalue weighted by Gasteiger charge is -2.33. The van der Waals surface area contributed by atoms with Crippen molar-refractivity contribution in [3.63, 3.8) is 0 Å². The number of nitrogens with one attached hydrogen (secondary N) is 3. The van der Waals surface area contributed by atoms with Gasteiger partial charge in [-0.25, -0.2) is 4.39 Å². The molecule has 0 unspecified atom stereocenters. The van der Waals surface area contributed by atoms with Crippen molar-refractivity contribution >= 4 is 11.9 Å². The Bertz CT molecular complexity index is 873. The molecule has 1 aliphatic heterocycles. The highest BCUT2D eigenvalue weighted by molar-refractivity contribution is 5.92. The van der Waals surface area contributed by atoms with Crippen LogP contribution >= 0.6 is 0 Å². The van der Waals surface area contributed by atoms with E-state index in [1.54, 1.807) is 6.07 Å². The summed E-state index contributed by atoms with van der Waals surface area (Å²) in [7, 11) is 0. The van der Waals surface area contributed by atoms with Gasteiger partial charge in [-0.15, -0.1) is 0 Å². The van der Waals surface area contributed by atoms with Gasteiger partial charge in [-0.2, -0.15) is 0 Å². The predicted octanol–water partition coefficient (Wildman–Crippen LogP) is 3.07. The number of halogens is 1. The zero-order valence-electron chi connectivity index (χ0n) is 19.0. The average molecular weight is 444 g/mol. The third-order valence-corrected chi connectivity index (χ3v) is 5.55. The van der Waals surface area contributed by atoms with Crippen LogP contribution in [0.1, 0.15) is 47.9 Å². The van der Waals surface area contributed by atoms with Crippen molar-refractivity contribution in [1.29, 1.82) is 0 Å². The third kappa shape index (κ3) is 7.37. The summed E-state index contributed by atoms with van der Waals surface area (Å²) >= 11 is 0. The van der Waals surface area contributed by atoms with E-state index in [1.807, 2.05) is 19.1 Å². The van der Waals surface area contributed by atoms with Gasteiger partial charge in [0.15, 0.2) is 11.7 Å². The smallest absolute Gasteiger partial charge is 0.287 e. The number of hydrogen-bond acceptors (Lipinski definition) is 4. The van der Waals surface area contributed by atoms with E-state index < -0.39 is 0 Å². The van der Waals surface area contributed by atoms with Crippen molar-refractivity contribution in [2.75, 3.05) is 32.7 Å². The van der Waals surface area contributed by atoms with E-state index in [1.165, 1.54) is 18.4 Å². The van der Waals surface area contributed by atoms with E-state index >= 15 is 0 Å². The molecule has 32 heavy (non-hydrogen) atoms. The fourth-order valence-electron chi connectivity index (χ4n) is 3.75. The van der Waals surface area contributed by atoms with E-state index in [0.717, 1.165) is 62.5 Å². The normalized spacial score (nSPS) is 15.5. The van der Waals surface area contributed by atoms with Gasteiger partial charge in [0.25, 0.3) is 5.91 Å². The first-order chi connectivity index (χ1) is 15.5. The Morgan fingerprint density at radius 1 is 1.19 bits per heavy atom. The van der Waals surface area contributed by atoms with E-state index in [2.05, 4.69) is 32.8 Å². The number of nitrogens with zero attached hydrogens (tertiary/aromatic N) is 2. The minimum absolute atomic E-state index is 0.186. The van der Waals surface area contributed by atoms with Crippen LogP contribution < -0.4 is 16.0 Å². The van der Waals surface area contributed by atoms with E-state index in [0.29, 0.717) is 24.9 Å². The first kappa shape index (κ1) is 23.8. The number of hydrogen-bond donors (Lipinski definition) is 3. The van der Waals surface area contributed by atoms with Crippen molar-refractivity contribution in [3.8, 4) is 0 Å². The molecule has 0 saturated carbocycles. The summed E-state index contributed by atoms with van der Waals surface area (Å²) < 4.78 is 18.3. The molecule has 2 aromatic rings. The van der Waals surface area contributed by atoms with Gasteiger partial charge < -0.3 is 20.4 Å². The van der Waals surface area contributed by atoms with Crippen molar-refractivity contribution in [2.45, 2.75) is 45.7 Å². The summed E-state index contributed by atoms with van der Waals surface area (Å²) in [5, 5.41) is 9.71. The summed E-state index contributed by atoms with van der Waals surface area (Å²) in [4.78, 5) is 19.1. The highest BCUT2D eigenvalue weighted by Gasteiger charge is 2.20. The second kappa shape index (κ2) is 12.2. The molecule has 1 aromatic heterocycles. The third-order valence-electron chi connectivity index (χ3n) is 5.55. The molecule has 7 nitrogen and oxygen atoms in total. The highest BCUT2D eigenvalue weighted by atomic mass is 19.1. The van der Waals surface area contributed by atoms with Gasteiger partial charge in [-0.05, 0) is 56.9 Å². The SMILES string of the molecule is CCNC(=NCCCNC(=O)c1occc1C)NC1CCN(Cc2ccc(F)cc2)CC1. The predicted molar refractivity (Wildman–Crippen MR) is 124 cm³/mol. The second-order valence-corrected chi connectivity index (χ2v) is 8.12. The number of guanidine groups is 1. The van der Waals surface area contributed by atoms with Crippen molar-refractivity contribution < 1.29 is 13.6 Å². The number of likely N-dealkylation sites (tertiary alicyclic amines) is 1. The maximum Gasteiger partial charge on any atom is 0.287 e. The zero-order chi connectivity index (χ0) is 22.8. The van der Waals surface area contributed by atoms with Crippen LogP contribution in [-0.4, -0.2) is 55.5 Å². The number of benzene rings is 1. The van der Waals surface area contributed by atoms with Crippen molar-refractivity contribution in [1.82, 2.24) is 20.9 Å². The van der Waals surface area contributed by atoms with Crippen LogP contribution in [0.15, 0.2) is 46.0 Å². The van der Waals surface area contributed by atoms with Crippen molar-refractivity contribution in [2.24, 2.45) is 4.99 Å². The molecule has 1 aliphatic rings. The fourth-order valence-corrected chi connectivity index (χ4v) is 3.75. The van der Waals surface area contributed by atoms with Crippen LogP contribution in [0.2, 0.25) is 0 Å². The number of aliphatic imine (C=N–C) groups is 1. The van der Waals surface area contributed by atoms with Gasteiger partial charge in [0.05, 0.1) is 6.26 Å². The van der Waals surface area contributed by atoms with Gasteiger partial charge in [0.2, 0.25) is 0 Å². The summed E-state index contributed by atoms with van der Waals surface area (Å²) in [6, 6.07) is 8.90. The first-order valence-electron chi connectivity index (χ1n) is 11.4. The first-order valence-corrected chi connectivity index (χ1v) is 11.4. The summed E-state index contributed by atoms with van der Waals surface area (Å²) in [6.07, 6.45) is 4.34. The molecule has 1 fully saturated rings.